The van der Waals surface area contributed by atoms with E-state index < -0.39 is 141 Å². The van der Waals surface area contributed by atoms with Crippen molar-refractivity contribution in [1.82, 2.24) is 31.9 Å². The molecule has 0 radical (unpaired) electrons. The van der Waals surface area contributed by atoms with Crippen LogP contribution in [0.4, 0.5) is 0 Å². The van der Waals surface area contributed by atoms with Gasteiger partial charge in [0.25, 0.3) is 0 Å². The molecule has 6 atom stereocenters. The van der Waals surface area contributed by atoms with E-state index in [2.05, 4.69) is 31.1 Å². The van der Waals surface area contributed by atoms with E-state index in [1.54, 1.807) is 0 Å². The lowest BCUT2D eigenvalue weighted by atomic mass is 9.99. The second kappa shape index (κ2) is 22.6. The molecule has 1 rings (SSSR count). The summed E-state index contributed by atoms with van der Waals surface area (Å²) >= 11 is 0. The van der Waals surface area contributed by atoms with Gasteiger partial charge < -0.3 is 57.5 Å². The monoisotopic (exact) mass is 845 g/mol. The first kappa shape index (κ1) is 49.9. The first-order valence-electron chi connectivity index (χ1n) is 17.3. The molecular weight excluding hydrogens is 797 g/mol. The zero-order chi connectivity index (χ0) is 44.7. The Kier molecular flexibility index (Phi) is 19.4. The van der Waals surface area contributed by atoms with Gasteiger partial charge in [-0.2, -0.15) is 0 Å². The van der Waals surface area contributed by atoms with Gasteiger partial charge in [-0.1, -0.05) is 39.8 Å². The fraction of sp³-hybridized carbons (Fsp3) is 0.515. The Hall–Kier alpha value is -6.13. The van der Waals surface area contributed by atoms with E-state index in [0.717, 1.165) is 19.1 Å². The highest BCUT2D eigenvalue weighted by Crippen LogP contribution is 2.37. The average Bonchev–Trinajstić information content (AvgIpc) is 3.06. The molecule has 0 aliphatic carbocycles. The van der Waals surface area contributed by atoms with Gasteiger partial charge in [-0.3, -0.25) is 52.9 Å². The number of aliphatic carboxylic acids is 3. The maximum Gasteiger partial charge on any atom is 0.524 e. The Balaban J connectivity index is 3.56. The minimum atomic E-state index is -4.97. The molecule has 0 aromatic heterocycles. The zero-order valence-corrected chi connectivity index (χ0v) is 32.8. The number of carboxylic acid groups (broad SMARTS) is 3. The van der Waals surface area contributed by atoms with Gasteiger partial charge in [-0.05, 0) is 29.5 Å². The van der Waals surface area contributed by atoms with Crippen LogP contribution in [0.3, 0.4) is 0 Å². The highest BCUT2D eigenvalue weighted by Gasteiger charge is 2.36. The molecule has 25 heteroatoms. The number of phosphoric ester groups is 1. The quantitative estimate of drug-likeness (QED) is 0.0457. The van der Waals surface area contributed by atoms with Crippen LogP contribution in [0.5, 0.6) is 5.75 Å². The second-order valence-corrected chi connectivity index (χ2v) is 14.7. The minimum absolute atomic E-state index is 0.186. The Bertz CT molecular complexity index is 1750. The SMILES string of the molecule is CC(=O)N[C@@H](CC(=O)O)C(=O)N[C@@H](CC(=O)O)C(=O)N[C@@H](Cc1ccc(OP(=O)(O)O)cc1)C(=O)N[C@H](C(=O)N[C@@H](CC(N)=O)C(=O)N[C@H](C(=O)O)C(C)C)C(C)C. The summed E-state index contributed by atoms with van der Waals surface area (Å²) in [5.41, 5.74) is 5.45. The van der Waals surface area contributed by atoms with Crippen molar-refractivity contribution in [3.8, 4) is 5.75 Å². The summed E-state index contributed by atoms with van der Waals surface area (Å²) in [7, 11) is -4.97. The van der Waals surface area contributed by atoms with Crippen LogP contribution in [0.2, 0.25) is 0 Å². The van der Waals surface area contributed by atoms with Gasteiger partial charge in [-0.25, -0.2) is 9.36 Å². The molecule has 0 bridgehead atoms. The highest BCUT2D eigenvalue weighted by molar-refractivity contribution is 7.46. The van der Waals surface area contributed by atoms with Crippen LogP contribution in [-0.4, -0.2) is 121 Å². The maximum absolute atomic E-state index is 13.9. The number of nitrogens with one attached hydrogen (secondary N) is 6. The van der Waals surface area contributed by atoms with Crippen molar-refractivity contribution < 1.29 is 82.1 Å². The highest BCUT2D eigenvalue weighted by atomic mass is 31.2. The first-order chi connectivity index (χ1) is 26.7. The van der Waals surface area contributed by atoms with Gasteiger partial charge in [0, 0.05) is 13.3 Å². The number of phosphoric acid groups is 1. The summed E-state index contributed by atoms with van der Waals surface area (Å²) in [6.45, 7) is 6.87. The summed E-state index contributed by atoms with van der Waals surface area (Å²) in [6, 6.07) is -5.48. The van der Waals surface area contributed by atoms with E-state index in [0.29, 0.717) is 0 Å². The molecule has 0 unspecified atom stereocenters. The van der Waals surface area contributed by atoms with E-state index in [9.17, 15) is 67.8 Å². The number of primary amides is 1. The number of hydrogen-bond donors (Lipinski definition) is 12. The smallest absolute Gasteiger partial charge is 0.481 e. The maximum atomic E-state index is 13.9. The molecule has 0 saturated heterocycles. The van der Waals surface area contributed by atoms with Crippen molar-refractivity contribution >= 4 is 67.1 Å². The fourth-order valence-electron chi connectivity index (χ4n) is 5.05. The van der Waals surface area contributed by atoms with Crippen molar-refractivity contribution in [3.05, 3.63) is 29.8 Å². The lowest BCUT2D eigenvalue weighted by molar-refractivity contribution is -0.144. The van der Waals surface area contributed by atoms with E-state index in [1.807, 2.05) is 5.32 Å². The van der Waals surface area contributed by atoms with Gasteiger partial charge in [0.15, 0.2) is 0 Å². The summed E-state index contributed by atoms with van der Waals surface area (Å²) in [4.78, 5) is 143. The zero-order valence-electron chi connectivity index (χ0n) is 31.9. The molecule has 0 fully saturated rings. The molecule has 1 aromatic rings. The molecule has 7 amide bonds. The van der Waals surface area contributed by atoms with Crippen LogP contribution in [0, 0.1) is 11.8 Å². The van der Waals surface area contributed by atoms with E-state index in [4.69, 9.17) is 15.5 Å². The van der Waals surface area contributed by atoms with Crippen molar-refractivity contribution in [2.75, 3.05) is 0 Å². The number of carbonyl (C=O) groups excluding carboxylic acids is 7. The Labute approximate surface area is 330 Å². The fourth-order valence-corrected chi connectivity index (χ4v) is 5.45. The number of benzene rings is 1. The van der Waals surface area contributed by atoms with Gasteiger partial charge in [-0.15, -0.1) is 0 Å². The first-order valence-corrected chi connectivity index (χ1v) is 18.8. The summed E-state index contributed by atoms with van der Waals surface area (Å²) in [5, 5.41) is 41.4. The number of rotatable bonds is 24. The van der Waals surface area contributed by atoms with Crippen LogP contribution < -0.4 is 42.2 Å². The normalized spacial score (nSPS) is 14.3. The van der Waals surface area contributed by atoms with E-state index in [1.165, 1.54) is 39.8 Å². The van der Waals surface area contributed by atoms with E-state index in [-0.39, 0.29) is 11.3 Å². The molecule has 322 valence electrons. The molecule has 58 heavy (non-hydrogen) atoms. The number of carbonyl (C=O) groups is 10. The van der Waals surface area contributed by atoms with Crippen LogP contribution in [0.1, 0.15) is 59.4 Å². The average molecular weight is 846 g/mol. The summed E-state index contributed by atoms with van der Waals surface area (Å²) < 4.78 is 15.8. The van der Waals surface area contributed by atoms with Gasteiger partial charge >= 0.3 is 25.7 Å². The molecule has 1 aromatic carbocycles. The van der Waals surface area contributed by atoms with Crippen LogP contribution in [-0.2, 0) is 58.9 Å². The number of amides is 7. The van der Waals surface area contributed by atoms with E-state index >= 15 is 0 Å². The Morgan fingerprint density at radius 2 is 1.00 bits per heavy atom. The lowest BCUT2D eigenvalue weighted by Crippen LogP contribution is -2.61. The second-order valence-electron chi connectivity index (χ2n) is 13.5. The molecule has 0 spiro atoms. The van der Waals surface area contributed by atoms with Gasteiger partial charge in [0.1, 0.15) is 42.0 Å². The van der Waals surface area contributed by atoms with Gasteiger partial charge in [0.2, 0.25) is 41.4 Å². The predicted octanol–water partition coefficient (Wildman–Crippen LogP) is -3.15. The molecule has 0 aliphatic rings. The number of nitrogens with two attached hydrogens (primary N) is 1. The third kappa shape index (κ3) is 18.2. The molecule has 0 heterocycles. The molecular formula is C33H48N7O17P. The largest absolute Gasteiger partial charge is 0.524 e. The number of carboxylic acids is 3. The molecule has 0 aliphatic heterocycles. The summed E-state index contributed by atoms with van der Waals surface area (Å²) in [5.74, 6) is -14.0. The minimum Gasteiger partial charge on any atom is -0.481 e. The topological polar surface area (TPSA) is 396 Å². The van der Waals surface area contributed by atoms with Crippen molar-refractivity contribution in [2.24, 2.45) is 17.6 Å². The Morgan fingerprint density at radius 3 is 1.41 bits per heavy atom. The van der Waals surface area contributed by atoms with Crippen LogP contribution in [0.25, 0.3) is 0 Å². The summed E-state index contributed by atoms with van der Waals surface area (Å²) in [6.07, 6.45) is -3.33. The van der Waals surface area contributed by atoms with Crippen molar-refractivity contribution in [3.63, 3.8) is 0 Å². The van der Waals surface area contributed by atoms with Crippen molar-refractivity contribution in [1.29, 1.82) is 0 Å². The predicted molar refractivity (Wildman–Crippen MR) is 196 cm³/mol. The van der Waals surface area contributed by atoms with Crippen LogP contribution in [0.15, 0.2) is 24.3 Å². The number of hydrogen-bond acceptors (Lipinski definition) is 12. The third-order valence-corrected chi connectivity index (χ3v) is 8.27. The standard InChI is InChI=1S/C33H48N7O17P/c1-14(2)26(32(51)38-20(11-23(34)42)31(50)40-27(15(3)4)33(52)53)39-30(49)19(10-17-6-8-18(9-7-17)57-58(54,55)56)36-29(48)22(13-25(45)46)37-28(47)21(12-24(43)44)35-16(5)41/h6-9,14-15,19-22,26-27H,10-13H2,1-5H3,(H2,34,42)(H,35,41)(H,36,48)(H,37,47)(H,38,51)(H,39,49)(H,40,50)(H,43,44)(H,45,46)(H,52,53)(H2,54,55,56)/t19-,20-,21-,22-,26-,27-/m0/s1. The van der Waals surface area contributed by atoms with Gasteiger partial charge in [0.05, 0.1) is 19.3 Å². The molecule has 24 nitrogen and oxygen atoms in total. The molecule has 13 N–H and O–H groups in total. The van der Waals surface area contributed by atoms with Crippen LogP contribution >= 0.6 is 7.82 Å². The molecule has 0 saturated carbocycles. The third-order valence-electron chi connectivity index (χ3n) is 7.82. The Morgan fingerprint density at radius 1 is 0.603 bits per heavy atom. The lowest BCUT2D eigenvalue weighted by Gasteiger charge is -2.28. The van der Waals surface area contributed by atoms with Crippen molar-refractivity contribution in [2.45, 2.75) is 96.6 Å².